The Kier molecular flexibility index (Phi) is 3.88. The van der Waals surface area contributed by atoms with Crippen LogP contribution in [0.15, 0.2) is 17.0 Å². The van der Waals surface area contributed by atoms with Gasteiger partial charge in [-0.2, -0.15) is 0 Å². The molecule has 106 valence electrons. The molecule has 0 aliphatic heterocycles. The average Bonchev–Trinajstić information content (AvgIpc) is 2.96. The number of hydrogen-bond donors (Lipinski definition) is 2. The smallest absolute Gasteiger partial charge is 0.342 e. The van der Waals surface area contributed by atoms with Crippen molar-refractivity contribution in [2.24, 2.45) is 0 Å². The topological polar surface area (TPSA) is 97.2 Å². The third kappa shape index (κ3) is 2.56. The summed E-state index contributed by atoms with van der Waals surface area (Å²) in [5.41, 5.74) is 1.75. The van der Waals surface area contributed by atoms with Gasteiger partial charge in [-0.3, -0.25) is 4.79 Å². The first-order valence-electron chi connectivity index (χ1n) is 6.11. The molecule has 0 fully saturated rings. The third-order valence-electron chi connectivity index (χ3n) is 2.76. The normalized spacial score (nSPS) is 10.3. The minimum absolute atomic E-state index is 0.110. The van der Waals surface area contributed by atoms with E-state index in [-0.39, 0.29) is 12.4 Å². The molecular weight excluding hydrogens is 262 g/mol. The zero-order chi connectivity index (χ0) is 14.7. The number of esters is 1. The summed E-state index contributed by atoms with van der Waals surface area (Å²) in [5.74, 6) is -0.848. The van der Waals surface area contributed by atoms with E-state index in [0.717, 1.165) is 0 Å². The molecule has 2 heterocycles. The van der Waals surface area contributed by atoms with E-state index in [1.807, 2.05) is 0 Å². The van der Waals surface area contributed by atoms with Gasteiger partial charge in [-0.1, -0.05) is 0 Å². The molecule has 0 bridgehead atoms. The summed E-state index contributed by atoms with van der Waals surface area (Å²) in [6.07, 6.45) is 2.73. The Hall–Kier alpha value is -2.57. The Morgan fingerprint density at radius 1 is 1.45 bits per heavy atom. The molecule has 0 atom stereocenters. The number of oxazole rings is 1. The molecule has 7 nitrogen and oxygen atoms in total. The zero-order valence-electron chi connectivity index (χ0n) is 11.4. The lowest BCUT2D eigenvalue weighted by Gasteiger charge is -2.06. The summed E-state index contributed by atoms with van der Waals surface area (Å²) in [6.45, 7) is 5.36. The minimum Gasteiger partial charge on any atom is -0.462 e. The number of nitrogens with zero attached hydrogens (tertiary/aromatic N) is 1. The van der Waals surface area contributed by atoms with E-state index < -0.39 is 11.9 Å². The van der Waals surface area contributed by atoms with E-state index in [4.69, 9.17) is 9.15 Å². The van der Waals surface area contributed by atoms with Gasteiger partial charge in [0, 0.05) is 11.9 Å². The highest BCUT2D eigenvalue weighted by atomic mass is 16.5. The van der Waals surface area contributed by atoms with Crippen LogP contribution in [0.1, 0.15) is 39.2 Å². The van der Waals surface area contributed by atoms with Crippen LogP contribution >= 0.6 is 0 Å². The Morgan fingerprint density at radius 3 is 2.80 bits per heavy atom. The SMILES string of the molecule is CCOC(=O)c1c(NC(=O)c2ocnc2C)c[nH]c1C. The highest BCUT2D eigenvalue weighted by Crippen LogP contribution is 2.21. The average molecular weight is 277 g/mol. The zero-order valence-corrected chi connectivity index (χ0v) is 11.4. The van der Waals surface area contributed by atoms with E-state index >= 15 is 0 Å². The molecule has 0 unspecified atom stereocenters. The number of anilines is 1. The molecule has 7 heteroatoms. The van der Waals surface area contributed by atoms with E-state index in [1.165, 1.54) is 12.6 Å². The number of aromatic nitrogens is 2. The molecule has 0 saturated carbocycles. The maximum Gasteiger partial charge on any atom is 0.342 e. The standard InChI is InChI=1S/C13H15N3O4/c1-4-19-13(18)10-7(2)14-5-9(10)16-12(17)11-8(3)15-6-20-11/h5-6,14H,4H2,1-3H3,(H,16,17). The first-order valence-corrected chi connectivity index (χ1v) is 6.11. The first kappa shape index (κ1) is 13.9. The van der Waals surface area contributed by atoms with Gasteiger partial charge < -0.3 is 19.5 Å². The van der Waals surface area contributed by atoms with Crippen LogP contribution in [0.5, 0.6) is 0 Å². The molecule has 0 aromatic carbocycles. The Bertz CT molecular complexity index is 642. The highest BCUT2D eigenvalue weighted by Gasteiger charge is 2.21. The van der Waals surface area contributed by atoms with Crippen molar-refractivity contribution in [2.45, 2.75) is 20.8 Å². The van der Waals surface area contributed by atoms with Crippen LogP contribution < -0.4 is 5.32 Å². The summed E-state index contributed by atoms with van der Waals surface area (Å²) in [5, 5.41) is 2.61. The molecule has 0 saturated heterocycles. The van der Waals surface area contributed by atoms with E-state index in [1.54, 1.807) is 20.8 Å². The van der Waals surface area contributed by atoms with Gasteiger partial charge in [0.2, 0.25) is 5.76 Å². The van der Waals surface area contributed by atoms with Crippen LogP contribution in [-0.4, -0.2) is 28.5 Å². The second-order valence-electron chi connectivity index (χ2n) is 4.14. The Morgan fingerprint density at radius 2 is 2.20 bits per heavy atom. The first-order chi connectivity index (χ1) is 9.54. The predicted octanol–water partition coefficient (Wildman–Crippen LogP) is 2.05. The lowest BCUT2D eigenvalue weighted by Crippen LogP contribution is -2.15. The monoisotopic (exact) mass is 277 g/mol. The fourth-order valence-corrected chi connectivity index (χ4v) is 1.79. The van der Waals surface area contributed by atoms with Gasteiger partial charge in [0.25, 0.3) is 5.91 Å². The summed E-state index contributed by atoms with van der Waals surface area (Å²) in [4.78, 5) is 30.6. The van der Waals surface area contributed by atoms with Gasteiger partial charge in [0.05, 0.1) is 18.0 Å². The molecular formula is C13H15N3O4. The van der Waals surface area contributed by atoms with Gasteiger partial charge in [-0.25, -0.2) is 9.78 Å². The van der Waals surface area contributed by atoms with Crippen LogP contribution in [0.2, 0.25) is 0 Å². The van der Waals surface area contributed by atoms with Gasteiger partial charge >= 0.3 is 5.97 Å². The van der Waals surface area contributed by atoms with Crippen molar-refractivity contribution in [3.63, 3.8) is 0 Å². The van der Waals surface area contributed by atoms with Crippen LogP contribution in [0.3, 0.4) is 0 Å². The van der Waals surface area contributed by atoms with E-state index in [9.17, 15) is 9.59 Å². The number of nitrogens with one attached hydrogen (secondary N) is 2. The summed E-state index contributed by atoms with van der Waals surface area (Å²) >= 11 is 0. The molecule has 2 rings (SSSR count). The number of aromatic amines is 1. The van der Waals surface area contributed by atoms with Crippen LogP contribution in [-0.2, 0) is 4.74 Å². The van der Waals surface area contributed by atoms with Crippen molar-refractivity contribution in [3.05, 3.63) is 35.3 Å². The third-order valence-corrected chi connectivity index (χ3v) is 2.76. The quantitative estimate of drug-likeness (QED) is 0.833. The molecule has 0 radical (unpaired) electrons. The van der Waals surface area contributed by atoms with Gasteiger partial charge in [-0.05, 0) is 20.8 Å². The second-order valence-corrected chi connectivity index (χ2v) is 4.14. The van der Waals surface area contributed by atoms with Gasteiger partial charge in [0.15, 0.2) is 6.39 Å². The number of ether oxygens (including phenoxy) is 1. The molecule has 2 aromatic rings. The van der Waals surface area contributed by atoms with E-state index in [2.05, 4.69) is 15.3 Å². The number of carbonyl (C=O) groups excluding carboxylic acids is 2. The lowest BCUT2D eigenvalue weighted by molar-refractivity contribution is 0.0527. The Labute approximate surface area is 115 Å². The van der Waals surface area contributed by atoms with Gasteiger partial charge in [0.1, 0.15) is 5.56 Å². The van der Waals surface area contributed by atoms with Crippen LogP contribution in [0.25, 0.3) is 0 Å². The van der Waals surface area contributed by atoms with Crippen molar-refractivity contribution < 1.29 is 18.7 Å². The molecule has 0 spiro atoms. The number of hydrogen-bond acceptors (Lipinski definition) is 5. The van der Waals surface area contributed by atoms with Crippen molar-refractivity contribution in [2.75, 3.05) is 11.9 Å². The number of amides is 1. The largest absolute Gasteiger partial charge is 0.462 e. The molecule has 1 amide bonds. The lowest BCUT2D eigenvalue weighted by atomic mass is 10.2. The molecule has 0 aliphatic rings. The van der Waals surface area contributed by atoms with E-state index in [0.29, 0.717) is 22.6 Å². The Balaban J connectivity index is 2.24. The molecule has 2 aromatic heterocycles. The maximum atomic E-state index is 12.0. The molecule has 0 aliphatic carbocycles. The maximum absolute atomic E-state index is 12.0. The fourth-order valence-electron chi connectivity index (χ4n) is 1.79. The number of rotatable bonds is 4. The van der Waals surface area contributed by atoms with Crippen molar-refractivity contribution in [1.82, 2.24) is 9.97 Å². The van der Waals surface area contributed by atoms with Crippen molar-refractivity contribution in [3.8, 4) is 0 Å². The van der Waals surface area contributed by atoms with Crippen molar-refractivity contribution >= 4 is 17.6 Å². The summed E-state index contributed by atoms with van der Waals surface area (Å²) < 4.78 is 9.96. The molecule has 2 N–H and O–H groups in total. The number of carbonyl (C=O) groups is 2. The number of aryl methyl sites for hydroxylation is 2. The summed E-state index contributed by atoms with van der Waals surface area (Å²) in [6, 6.07) is 0. The van der Waals surface area contributed by atoms with Crippen LogP contribution in [0.4, 0.5) is 5.69 Å². The number of H-pyrrole nitrogens is 1. The second kappa shape index (κ2) is 5.60. The highest BCUT2D eigenvalue weighted by molar-refractivity contribution is 6.07. The molecule has 20 heavy (non-hydrogen) atoms. The van der Waals surface area contributed by atoms with Crippen molar-refractivity contribution in [1.29, 1.82) is 0 Å². The van der Waals surface area contributed by atoms with Gasteiger partial charge in [-0.15, -0.1) is 0 Å². The fraction of sp³-hybridized carbons (Fsp3) is 0.308. The van der Waals surface area contributed by atoms with Crippen LogP contribution in [0, 0.1) is 13.8 Å². The minimum atomic E-state index is -0.490. The summed E-state index contributed by atoms with van der Waals surface area (Å²) in [7, 11) is 0. The predicted molar refractivity (Wildman–Crippen MR) is 70.7 cm³/mol.